The second kappa shape index (κ2) is 7.81. The highest BCUT2D eigenvalue weighted by Crippen LogP contribution is 2.40. The van der Waals surface area contributed by atoms with Gasteiger partial charge in [0.05, 0.1) is 27.4 Å². The Morgan fingerprint density at radius 2 is 2.30 bits per heavy atom. The number of aliphatic hydroxyl groups excluding tert-OH is 2. The number of anilines is 1. The number of nitrogen functional groups attached to an aromatic ring is 1. The lowest BCUT2D eigenvalue weighted by molar-refractivity contribution is -0.0383. The van der Waals surface area contributed by atoms with Crippen LogP contribution in [-0.4, -0.2) is 50.9 Å². The van der Waals surface area contributed by atoms with Crippen LogP contribution in [0.4, 0.5) is 5.82 Å². The molecule has 1 saturated heterocycles. The SMILES string of the molecule is Nc1cc(OC[C@H](O)CO)c2sc(-c3ccnn3C3CCCCO3)cc2n1. The van der Waals surface area contributed by atoms with E-state index in [4.69, 9.17) is 20.3 Å². The third-order valence-electron chi connectivity index (χ3n) is 4.46. The minimum Gasteiger partial charge on any atom is -0.489 e. The van der Waals surface area contributed by atoms with Gasteiger partial charge < -0.3 is 25.4 Å². The highest BCUT2D eigenvalue weighted by atomic mass is 32.1. The molecule has 0 spiro atoms. The first-order valence-electron chi connectivity index (χ1n) is 8.93. The van der Waals surface area contributed by atoms with Crippen molar-refractivity contribution in [1.82, 2.24) is 14.8 Å². The zero-order chi connectivity index (χ0) is 18.8. The lowest BCUT2D eigenvalue weighted by atomic mass is 10.2. The molecule has 4 heterocycles. The number of nitrogens with zero attached hydrogens (tertiary/aromatic N) is 3. The molecule has 144 valence electrons. The summed E-state index contributed by atoms with van der Waals surface area (Å²) in [6.45, 7) is 0.371. The maximum Gasteiger partial charge on any atom is 0.150 e. The van der Waals surface area contributed by atoms with Crippen molar-refractivity contribution in [3.63, 3.8) is 0 Å². The number of aromatic nitrogens is 3. The lowest BCUT2D eigenvalue weighted by Crippen LogP contribution is -2.21. The highest BCUT2D eigenvalue weighted by Gasteiger charge is 2.21. The molecule has 4 rings (SSSR count). The number of aliphatic hydroxyl groups is 2. The van der Waals surface area contributed by atoms with Crippen LogP contribution in [0, 0.1) is 0 Å². The van der Waals surface area contributed by atoms with Gasteiger partial charge >= 0.3 is 0 Å². The van der Waals surface area contributed by atoms with E-state index in [9.17, 15) is 5.11 Å². The molecular weight excluding hydrogens is 368 g/mol. The van der Waals surface area contributed by atoms with Crippen LogP contribution in [0.2, 0.25) is 0 Å². The molecule has 0 radical (unpaired) electrons. The largest absolute Gasteiger partial charge is 0.489 e. The van der Waals surface area contributed by atoms with Gasteiger partial charge in [0.15, 0.2) is 6.23 Å². The highest BCUT2D eigenvalue weighted by molar-refractivity contribution is 7.22. The molecule has 3 aromatic rings. The van der Waals surface area contributed by atoms with Crippen molar-refractivity contribution in [2.75, 3.05) is 25.6 Å². The van der Waals surface area contributed by atoms with Crippen molar-refractivity contribution < 1.29 is 19.7 Å². The summed E-state index contributed by atoms with van der Waals surface area (Å²) in [5.41, 5.74) is 7.59. The Hall–Kier alpha value is -2.20. The summed E-state index contributed by atoms with van der Waals surface area (Å²) in [4.78, 5) is 5.38. The van der Waals surface area contributed by atoms with E-state index in [1.54, 1.807) is 12.3 Å². The molecule has 4 N–H and O–H groups in total. The van der Waals surface area contributed by atoms with Crippen LogP contribution in [0.5, 0.6) is 5.75 Å². The van der Waals surface area contributed by atoms with E-state index in [0.717, 1.165) is 46.7 Å². The first kappa shape index (κ1) is 18.2. The van der Waals surface area contributed by atoms with Crippen LogP contribution in [0.1, 0.15) is 25.5 Å². The predicted molar refractivity (Wildman–Crippen MR) is 103 cm³/mol. The first-order chi connectivity index (χ1) is 13.2. The molecule has 1 unspecified atom stereocenters. The lowest BCUT2D eigenvalue weighted by Gasteiger charge is -2.24. The van der Waals surface area contributed by atoms with Gasteiger partial charge in [-0.1, -0.05) is 0 Å². The quantitative estimate of drug-likeness (QED) is 0.591. The van der Waals surface area contributed by atoms with E-state index in [0.29, 0.717) is 11.6 Å². The Bertz CT molecular complexity index is 919. The summed E-state index contributed by atoms with van der Waals surface area (Å²) < 4.78 is 14.3. The van der Waals surface area contributed by atoms with Gasteiger partial charge in [0, 0.05) is 18.9 Å². The topological polar surface area (TPSA) is 116 Å². The number of fused-ring (bicyclic) bond motifs is 1. The van der Waals surface area contributed by atoms with Gasteiger partial charge in [0.25, 0.3) is 0 Å². The zero-order valence-corrected chi connectivity index (χ0v) is 15.6. The Morgan fingerprint density at radius 3 is 3.07 bits per heavy atom. The van der Waals surface area contributed by atoms with Crippen LogP contribution in [0.25, 0.3) is 20.8 Å². The number of nitrogens with two attached hydrogens (primary N) is 1. The molecule has 0 saturated carbocycles. The smallest absolute Gasteiger partial charge is 0.150 e. The monoisotopic (exact) mass is 390 g/mol. The fourth-order valence-corrected chi connectivity index (χ4v) is 4.22. The summed E-state index contributed by atoms with van der Waals surface area (Å²) >= 11 is 1.52. The van der Waals surface area contributed by atoms with E-state index in [2.05, 4.69) is 10.1 Å². The van der Waals surface area contributed by atoms with Gasteiger partial charge in [-0.2, -0.15) is 5.10 Å². The summed E-state index contributed by atoms with van der Waals surface area (Å²) in [5.74, 6) is 0.880. The minimum absolute atomic E-state index is 0.0177. The molecule has 0 aromatic carbocycles. The number of hydrogen-bond donors (Lipinski definition) is 3. The van der Waals surface area contributed by atoms with Gasteiger partial charge in [-0.15, -0.1) is 11.3 Å². The Kier molecular flexibility index (Phi) is 5.26. The van der Waals surface area contributed by atoms with Gasteiger partial charge in [0.1, 0.15) is 24.3 Å². The first-order valence-corrected chi connectivity index (χ1v) is 9.74. The van der Waals surface area contributed by atoms with Crippen LogP contribution >= 0.6 is 11.3 Å². The van der Waals surface area contributed by atoms with Crippen LogP contribution in [-0.2, 0) is 4.74 Å². The third-order valence-corrected chi connectivity index (χ3v) is 5.62. The molecule has 8 nitrogen and oxygen atoms in total. The number of ether oxygens (including phenoxy) is 2. The molecule has 0 aliphatic carbocycles. The van der Waals surface area contributed by atoms with Crippen molar-refractivity contribution >= 4 is 27.4 Å². The average molecular weight is 390 g/mol. The van der Waals surface area contributed by atoms with Gasteiger partial charge in [0.2, 0.25) is 0 Å². The van der Waals surface area contributed by atoms with E-state index < -0.39 is 6.10 Å². The number of rotatable bonds is 6. The number of hydrogen-bond acceptors (Lipinski definition) is 8. The summed E-state index contributed by atoms with van der Waals surface area (Å²) in [7, 11) is 0. The number of thiophene rings is 1. The van der Waals surface area contributed by atoms with Crippen molar-refractivity contribution in [2.24, 2.45) is 0 Å². The summed E-state index contributed by atoms with van der Waals surface area (Å²) in [6, 6.07) is 5.55. The second-order valence-electron chi connectivity index (χ2n) is 6.50. The van der Waals surface area contributed by atoms with Gasteiger partial charge in [-0.3, -0.25) is 0 Å². The molecule has 27 heavy (non-hydrogen) atoms. The zero-order valence-electron chi connectivity index (χ0n) is 14.7. The molecule has 1 aliphatic rings. The minimum atomic E-state index is -0.946. The van der Waals surface area contributed by atoms with E-state index in [-0.39, 0.29) is 19.4 Å². The molecule has 9 heteroatoms. The Balaban J connectivity index is 1.69. The molecular formula is C18H22N4O4S. The Labute approximate surface area is 160 Å². The fraction of sp³-hybridized carbons (Fsp3) is 0.444. The normalized spacial score (nSPS) is 18.7. The van der Waals surface area contributed by atoms with Crippen LogP contribution in [0.15, 0.2) is 24.4 Å². The summed E-state index contributed by atoms with van der Waals surface area (Å²) in [5, 5.41) is 23.0. The average Bonchev–Trinajstić information content (AvgIpc) is 3.33. The standard InChI is InChI=1S/C18H22N4O4S/c19-16-8-14(26-10-11(24)9-23)18-12(21-16)7-15(27-18)13-4-5-20-22(13)17-3-1-2-6-25-17/h4-5,7-8,11,17,23-24H,1-3,6,9-10H2,(H2,19,21)/t11-,17?/m1/s1. The molecule has 2 atom stereocenters. The molecule has 0 amide bonds. The molecule has 1 fully saturated rings. The summed E-state index contributed by atoms with van der Waals surface area (Å²) in [6.07, 6.45) is 3.92. The van der Waals surface area contributed by atoms with E-state index >= 15 is 0 Å². The van der Waals surface area contributed by atoms with Crippen LogP contribution in [0.3, 0.4) is 0 Å². The van der Waals surface area contributed by atoms with Crippen molar-refractivity contribution in [1.29, 1.82) is 0 Å². The van der Waals surface area contributed by atoms with Gasteiger partial charge in [-0.05, 0) is 31.4 Å². The van der Waals surface area contributed by atoms with Crippen LogP contribution < -0.4 is 10.5 Å². The second-order valence-corrected chi connectivity index (χ2v) is 7.55. The maximum absolute atomic E-state index is 9.55. The predicted octanol–water partition coefficient (Wildman–Crippen LogP) is 2.17. The van der Waals surface area contributed by atoms with E-state index in [1.807, 2.05) is 16.8 Å². The number of pyridine rings is 1. The van der Waals surface area contributed by atoms with Crippen molar-refractivity contribution in [3.05, 3.63) is 24.4 Å². The maximum atomic E-state index is 9.55. The van der Waals surface area contributed by atoms with Crippen molar-refractivity contribution in [3.8, 4) is 16.3 Å². The fourth-order valence-electron chi connectivity index (χ4n) is 3.14. The third kappa shape index (κ3) is 3.77. The Morgan fingerprint density at radius 1 is 1.41 bits per heavy atom. The molecule has 3 aromatic heterocycles. The molecule has 0 bridgehead atoms. The van der Waals surface area contributed by atoms with Crippen molar-refractivity contribution in [2.45, 2.75) is 31.6 Å². The van der Waals surface area contributed by atoms with Gasteiger partial charge in [-0.25, -0.2) is 9.67 Å². The molecule has 1 aliphatic heterocycles. The van der Waals surface area contributed by atoms with E-state index in [1.165, 1.54) is 11.3 Å².